The van der Waals surface area contributed by atoms with Gasteiger partial charge in [0.25, 0.3) is 0 Å². The van der Waals surface area contributed by atoms with E-state index >= 15 is 0 Å². The molecule has 1 heterocycles. The Hall–Kier alpha value is -0.850. The molecular formula is C15H29NO5. The zero-order chi connectivity index (χ0) is 16.1. The van der Waals surface area contributed by atoms with Gasteiger partial charge >= 0.3 is 6.09 Å². The monoisotopic (exact) mass is 303 g/mol. The molecule has 1 rings (SSSR count). The minimum Gasteiger partial charge on any atom is -0.444 e. The van der Waals surface area contributed by atoms with Crippen LogP contribution in [0.1, 0.15) is 47.5 Å². The summed E-state index contributed by atoms with van der Waals surface area (Å²) in [6.07, 6.45) is 0.623. The molecule has 6 heteroatoms. The summed E-state index contributed by atoms with van der Waals surface area (Å²) in [6, 6.07) is -0.355. The fourth-order valence-electron chi connectivity index (χ4n) is 2.60. The number of likely N-dealkylation sites (tertiary alicyclic amines) is 1. The van der Waals surface area contributed by atoms with E-state index in [1.807, 2.05) is 34.6 Å². The Morgan fingerprint density at radius 1 is 1.29 bits per heavy atom. The molecule has 1 atom stereocenters. The molecule has 0 spiro atoms. The molecule has 1 aliphatic rings. The molecule has 0 aromatic rings. The Bertz CT molecular complexity index is 333. The van der Waals surface area contributed by atoms with Crippen LogP contribution in [0, 0.1) is 0 Å². The van der Waals surface area contributed by atoms with Crippen molar-refractivity contribution in [1.82, 2.24) is 4.90 Å². The highest BCUT2D eigenvalue weighted by atomic mass is 16.7. The number of rotatable bonds is 5. The topological polar surface area (TPSA) is 68.2 Å². The quantitative estimate of drug-likeness (QED) is 0.788. The summed E-state index contributed by atoms with van der Waals surface area (Å²) in [6.45, 7) is 10.7. The largest absolute Gasteiger partial charge is 0.444 e. The lowest BCUT2D eigenvalue weighted by atomic mass is 9.96. The van der Waals surface area contributed by atoms with Crippen LogP contribution in [0.3, 0.4) is 0 Å². The Kier molecular flexibility index (Phi) is 6.43. The van der Waals surface area contributed by atoms with E-state index in [0.29, 0.717) is 32.6 Å². The molecule has 0 bridgehead atoms. The molecule has 0 aromatic heterocycles. The lowest BCUT2D eigenvalue weighted by Gasteiger charge is -2.45. The lowest BCUT2D eigenvalue weighted by molar-refractivity contribution is -0.260. The number of carbonyl (C=O) groups excluding carboxylic acids is 1. The van der Waals surface area contributed by atoms with Crippen molar-refractivity contribution in [2.24, 2.45) is 0 Å². The summed E-state index contributed by atoms with van der Waals surface area (Å²) >= 11 is 0. The average Bonchev–Trinajstić information content (AvgIpc) is 2.37. The maximum atomic E-state index is 12.2. The average molecular weight is 303 g/mol. The van der Waals surface area contributed by atoms with E-state index in [4.69, 9.17) is 14.2 Å². The molecule has 1 amide bonds. The standard InChI is InChI=1S/C15H29NO5/c1-6-19-15(20-7-2)8-9-16(12(10-15)11-17)13(18)21-14(3,4)5/h12,17H,6-11H2,1-5H3/t12-/m0/s1. The minimum absolute atomic E-state index is 0.138. The Balaban J connectivity index is 2.78. The number of hydrogen-bond acceptors (Lipinski definition) is 5. The Morgan fingerprint density at radius 3 is 2.29 bits per heavy atom. The third-order valence-electron chi connectivity index (χ3n) is 3.37. The first-order chi connectivity index (χ1) is 9.77. The number of nitrogens with zero attached hydrogens (tertiary/aromatic N) is 1. The van der Waals surface area contributed by atoms with Crippen LogP contribution >= 0.6 is 0 Å². The maximum absolute atomic E-state index is 12.2. The number of carbonyl (C=O) groups is 1. The summed E-state index contributed by atoms with van der Waals surface area (Å²) in [5.41, 5.74) is -0.550. The molecule has 124 valence electrons. The van der Waals surface area contributed by atoms with Gasteiger partial charge in [-0.3, -0.25) is 0 Å². The molecule has 1 N–H and O–H groups in total. The fraction of sp³-hybridized carbons (Fsp3) is 0.933. The Labute approximate surface area is 127 Å². The maximum Gasteiger partial charge on any atom is 0.410 e. The van der Waals surface area contributed by atoms with Crippen LogP contribution in [-0.4, -0.2) is 59.9 Å². The number of hydrogen-bond donors (Lipinski definition) is 1. The highest BCUT2D eigenvalue weighted by Gasteiger charge is 2.43. The smallest absolute Gasteiger partial charge is 0.410 e. The van der Waals surface area contributed by atoms with Crippen LogP contribution < -0.4 is 0 Å². The van der Waals surface area contributed by atoms with Gasteiger partial charge in [-0.15, -0.1) is 0 Å². The number of amides is 1. The van der Waals surface area contributed by atoms with E-state index in [0.717, 1.165) is 0 Å². The molecule has 0 aromatic carbocycles. The van der Waals surface area contributed by atoms with Gasteiger partial charge in [0, 0.05) is 32.6 Å². The van der Waals surface area contributed by atoms with Crippen molar-refractivity contribution in [3.05, 3.63) is 0 Å². The molecule has 6 nitrogen and oxygen atoms in total. The van der Waals surface area contributed by atoms with Crippen LogP contribution in [0.4, 0.5) is 4.79 Å². The molecule has 1 aliphatic heterocycles. The third-order valence-corrected chi connectivity index (χ3v) is 3.37. The first-order valence-electron chi connectivity index (χ1n) is 7.65. The predicted octanol–water partition coefficient (Wildman–Crippen LogP) is 2.15. The van der Waals surface area contributed by atoms with Gasteiger partial charge in [-0.2, -0.15) is 0 Å². The molecule has 1 fully saturated rings. The lowest BCUT2D eigenvalue weighted by Crippen LogP contribution is -2.56. The van der Waals surface area contributed by atoms with E-state index in [-0.39, 0.29) is 12.6 Å². The number of ether oxygens (including phenoxy) is 3. The second-order valence-electron chi connectivity index (χ2n) is 6.24. The normalized spacial score (nSPS) is 22.2. The van der Waals surface area contributed by atoms with Gasteiger partial charge in [0.05, 0.1) is 12.6 Å². The van der Waals surface area contributed by atoms with Gasteiger partial charge in [0.2, 0.25) is 0 Å². The summed E-state index contributed by atoms with van der Waals surface area (Å²) in [5.74, 6) is -0.713. The molecule has 0 unspecified atom stereocenters. The first kappa shape index (κ1) is 18.2. The third kappa shape index (κ3) is 5.13. The Morgan fingerprint density at radius 2 is 1.86 bits per heavy atom. The van der Waals surface area contributed by atoms with E-state index in [1.165, 1.54) is 0 Å². The van der Waals surface area contributed by atoms with Gasteiger partial charge in [-0.1, -0.05) is 0 Å². The molecule has 21 heavy (non-hydrogen) atoms. The second kappa shape index (κ2) is 7.42. The predicted molar refractivity (Wildman–Crippen MR) is 79.0 cm³/mol. The summed E-state index contributed by atoms with van der Waals surface area (Å²) in [7, 11) is 0. The van der Waals surface area contributed by atoms with Gasteiger partial charge in [-0.05, 0) is 34.6 Å². The molecular weight excluding hydrogens is 274 g/mol. The summed E-state index contributed by atoms with van der Waals surface area (Å²) in [5, 5.41) is 9.62. The van der Waals surface area contributed by atoms with E-state index in [9.17, 15) is 9.90 Å². The number of aliphatic hydroxyl groups excluding tert-OH is 1. The summed E-state index contributed by atoms with van der Waals surface area (Å²) < 4.78 is 16.9. The highest BCUT2D eigenvalue weighted by molar-refractivity contribution is 5.68. The SMILES string of the molecule is CCOC1(OCC)CCN(C(=O)OC(C)(C)C)[C@H](CO)C1. The minimum atomic E-state index is -0.713. The van der Waals surface area contributed by atoms with E-state index < -0.39 is 17.5 Å². The van der Waals surface area contributed by atoms with Crippen molar-refractivity contribution in [3.63, 3.8) is 0 Å². The van der Waals surface area contributed by atoms with Crippen molar-refractivity contribution in [3.8, 4) is 0 Å². The molecule has 0 saturated carbocycles. The zero-order valence-corrected chi connectivity index (χ0v) is 13.8. The highest BCUT2D eigenvalue weighted by Crippen LogP contribution is 2.32. The van der Waals surface area contributed by atoms with Gasteiger partial charge < -0.3 is 24.2 Å². The molecule has 0 radical (unpaired) electrons. The molecule has 0 aliphatic carbocycles. The fourth-order valence-corrected chi connectivity index (χ4v) is 2.60. The van der Waals surface area contributed by atoms with Crippen LogP contribution in [0.15, 0.2) is 0 Å². The van der Waals surface area contributed by atoms with Gasteiger partial charge in [0.15, 0.2) is 5.79 Å². The van der Waals surface area contributed by atoms with E-state index in [1.54, 1.807) is 4.90 Å². The number of piperidine rings is 1. The van der Waals surface area contributed by atoms with Crippen LogP contribution in [0.5, 0.6) is 0 Å². The van der Waals surface area contributed by atoms with Gasteiger partial charge in [0.1, 0.15) is 5.60 Å². The van der Waals surface area contributed by atoms with Crippen molar-refractivity contribution < 1.29 is 24.1 Å². The van der Waals surface area contributed by atoms with Gasteiger partial charge in [-0.25, -0.2) is 4.79 Å². The van der Waals surface area contributed by atoms with Crippen molar-refractivity contribution in [2.45, 2.75) is 64.9 Å². The van der Waals surface area contributed by atoms with E-state index in [2.05, 4.69) is 0 Å². The van der Waals surface area contributed by atoms with Crippen LogP contribution in [0.25, 0.3) is 0 Å². The number of aliphatic hydroxyl groups is 1. The van der Waals surface area contributed by atoms with Crippen molar-refractivity contribution >= 4 is 6.09 Å². The van der Waals surface area contributed by atoms with Crippen LogP contribution in [0.2, 0.25) is 0 Å². The summed E-state index contributed by atoms with van der Waals surface area (Å²) in [4.78, 5) is 13.8. The molecule has 1 saturated heterocycles. The first-order valence-corrected chi connectivity index (χ1v) is 7.65. The van der Waals surface area contributed by atoms with Crippen molar-refractivity contribution in [2.75, 3.05) is 26.4 Å². The van der Waals surface area contributed by atoms with Crippen LogP contribution in [-0.2, 0) is 14.2 Å². The van der Waals surface area contributed by atoms with Crippen molar-refractivity contribution in [1.29, 1.82) is 0 Å². The zero-order valence-electron chi connectivity index (χ0n) is 13.8. The second-order valence-corrected chi connectivity index (χ2v) is 6.24.